The number of methoxy groups -OCH3 is 1. The molecule has 3 aromatic carbocycles. The Kier molecular flexibility index (Phi) is 7.12. The van der Waals surface area contributed by atoms with Gasteiger partial charge in [-0.1, -0.05) is 12.1 Å². The van der Waals surface area contributed by atoms with Crippen molar-refractivity contribution in [3.05, 3.63) is 88.0 Å². The largest absolute Gasteiger partial charge is 0.497 e. The predicted molar refractivity (Wildman–Crippen MR) is 119 cm³/mol. The van der Waals surface area contributed by atoms with Gasteiger partial charge in [0.25, 0.3) is 5.69 Å². The molecule has 0 spiro atoms. The van der Waals surface area contributed by atoms with Crippen molar-refractivity contribution in [1.82, 2.24) is 4.31 Å². The molecule has 0 radical (unpaired) electrons. The van der Waals surface area contributed by atoms with E-state index in [1.807, 2.05) is 0 Å². The van der Waals surface area contributed by atoms with E-state index < -0.39 is 32.4 Å². The van der Waals surface area contributed by atoms with Crippen LogP contribution < -0.4 is 10.1 Å². The number of benzene rings is 3. The van der Waals surface area contributed by atoms with Gasteiger partial charge in [-0.2, -0.15) is 17.5 Å². The first-order valence-corrected chi connectivity index (χ1v) is 11.2. The first-order valence-electron chi connectivity index (χ1n) is 9.74. The molecule has 0 saturated carbocycles. The predicted octanol–water partition coefficient (Wildman–Crippen LogP) is 5.19. The zero-order valence-corrected chi connectivity index (χ0v) is 18.9. The molecule has 0 bridgehead atoms. The Morgan fingerprint density at radius 1 is 1.03 bits per heavy atom. The van der Waals surface area contributed by atoms with Crippen LogP contribution in [0.15, 0.2) is 71.6 Å². The van der Waals surface area contributed by atoms with Gasteiger partial charge in [0, 0.05) is 25.3 Å². The number of nitro benzene ring substituents is 1. The van der Waals surface area contributed by atoms with Gasteiger partial charge in [-0.25, -0.2) is 8.42 Å². The Morgan fingerprint density at radius 3 is 2.18 bits per heavy atom. The zero-order valence-electron chi connectivity index (χ0n) is 18.0. The van der Waals surface area contributed by atoms with E-state index in [0.29, 0.717) is 11.3 Å². The van der Waals surface area contributed by atoms with Crippen molar-refractivity contribution in [3.8, 4) is 5.75 Å². The molecule has 8 nitrogen and oxygen atoms in total. The van der Waals surface area contributed by atoms with Gasteiger partial charge < -0.3 is 10.1 Å². The number of sulfonamides is 1. The van der Waals surface area contributed by atoms with E-state index in [1.54, 1.807) is 24.3 Å². The fourth-order valence-electron chi connectivity index (χ4n) is 3.08. The van der Waals surface area contributed by atoms with Crippen LogP contribution in [0.25, 0.3) is 0 Å². The molecule has 180 valence electrons. The fraction of sp³-hybridized carbons (Fsp3) is 0.182. The molecule has 3 aromatic rings. The van der Waals surface area contributed by atoms with Gasteiger partial charge in [0.15, 0.2) is 0 Å². The summed E-state index contributed by atoms with van der Waals surface area (Å²) >= 11 is 0. The monoisotopic (exact) mass is 495 g/mol. The minimum Gasteiger partial charge on any atom is -0.497 e. The van der Waals surface area contributed by atoms with Crippen LogP contribution in [0, 0.1) is 10.1 Å². The molecule has 0 heterocycles. The van der Waals surface area contributed by atoms with Crippen LogP contribution in [0.5, 0.6) is 5.75 Å². The molecule has 0 aliphatic heterocycles. The van der Waals surface area contributed by atoms with Crippen LogP contribution in [0.1, 0.15) is 11.1 Å². The van der Waals surface area contributed by atoms with Gasteiger partial charge in [0.05, 0.1) is 22.5 Å². The van der Waals surface area contributed by atoms with E-state index in [0.717, 1.165) is 34.6 Å². The Hall–Kier alpha value is -3.64. The quantitative estimate of drug-likeness (QED) is 0.341. The molecule has 12 heteroatoms. The van der Waals surface area contributed by atoms with Crippen molar-refractivity contribution in [1.29, 1.82) is 0 Å². The van der Waals surface area contributed by atoms with E-state index in [1.165, 1.54) is 26.3 Å². The van der Waals surface area contributed by atoms with E-state index in [9.17, 15) is 31.7 Å². The highest BCUT2D eigenvalue weighted by atomic mass is 32.2. The second-order valence-electron chi connectivity index (χ2n) is 7.25. The number of halogens is 3. The highest BCUT2D eigenvalue weighted by Crippen LogP contribution is 2.33. The fourth-order valence-corrected chi connectivity index (χ4v) is 4.26. The molecule has 0 aliphatic rings. The number of nitrogens with one attached hydrogen (secondary N) is 1. The van der Waals surface area contributed by atoms with Gasteiger partial charge in [0.1, 0.15) is 11.4 Å². The van der Waals surface area contributed by atoms with E-state index in [-0.39, 0.29) is 22.8 Å². The van der Waals surface area contributed by atoms with Gasteiger partial charge in [-0.15, -0.1) is 0 Å². The minimum atomic E-state index is -4.52. The van der Waals surface area contributed by atoms with E-state index >= 15 is 0 Å². The van der Waals surface area contributed by atoms with Crippen LogP contribution in [-0.4, -0.2) is 31.8 Å². The van der Waals surface area contributed by atoms with Crippen LogP contribution >= 0.6 is 0 Å². The van der Waals surface area contributed by atoms with Crippen molar-refractivity contribution < 1.29 is 31.2 Å². The van der Waals surface area contributed by atoms with Crippen molar-refractivity contribution in [2.24, 2.45) is 0 Å². The second kappa shape index (κ2) is 9.69. The van der Waals surface area contributed by atoms with E-state index in [4.69, 9.17) is 4.74 Å². The zero-order chi connectivity index (χ0) is 25.1. The topological polar surface area (TPSA) is 102 Å². The van der Waals surface area contributed by atoms with Gasteiger partial charge in [0.2, 0.25) is 10.0 Å². The van der Waals surface area contributed by atoms with Crippen LogP contribution in [0.4, 0.5) is 30.2 Å². The maximum atomic E-state index is 13.0. The molecule has 0 saturated heterocycles. The maximum absolute atomic E-state index is 13.0. The van der Waals surface area contributed by atoms with Crippen LogP contribution in [0.3, 0.4) is 0 Å². The SMILES string of the molecule is COc1ccc(CN(C)S(=O)(=O)c2ccc(Nc3ccc(C(F)(F)F)cc3)c([N+](=O)[O-])c2)cc1. The smallest absolute Gasteiger partial charge is 0.416 e. The normalized spacial score (nSPS) is 11.9. The summed E-state index contributed by atoms with van der Waals surface area (Å²) in [5, 5.41) is 14.3. The molecular formula is C22H20F3N3O5S. The first kappa shape index (κ1) is 25.0. The Labute approximate surface area is 193 Å². The molecule has 0 aliphatic carbocycles. The molecule has 0 amide bonds. The maximum Gasteiger partial charge on any atom is 0.416 e. The number of alkyl halides is 3. The van der Waals surface area contributed by atoms with Gasteiger partial charge >= 0.3 is 6.18 Å². The van der Waals surface area contributed by atoms with E-state index in [2.05, 4.69) is 5.32 Å². The average Bonchev–Trinajstić information content (AvgIpc) is 2.79. The van der Waals surface area contributed by atoms with Crippen molar-refractivity contribution in [3.63, 3.8) is 0 Å². The van der Waals surface area contributed by atoms with Crippen LogP contribution in [0.2, 0.25) is 0 Å². The first-order chi connectivity index (χ1) is 15.9. The standard InChI is InChI=1S/C22H20F3N3O5S/c1-27(14-15-3-9-18(33-2)10-4-15)34(31,32)19-11-12-20(21(13-19)28(29)30)26-17-7-5-16(6-8-17)22(23,24)25/h3-13,26H,14H2,1-2H3. The summed E-state index contributed by atoms with van der Waals surface area (Å²) in [6, 6.07) is 14.0. The van der Waals surface area contributed by atoms with Crippen molar-refractivity contribution >= 4 is 27.1 Å². The highest BCUT2D eigenvalue weighted by Gasteiger charge is 2.30. The van der Waals surface area contributed by atoms with Crippen molar-refractivity contribution in [2.75, 3.05) is 19.5 Å². The summed E-state index contributed by atoms with van der Waals surface area (Å²) in [7, 11) is -1.22. The number of hydrogen-bond acceptors (Lipinski definition) is 6. The number of hydrogen-bond donors (Lipinski definition) is 1. The lowest BCUT2D eigenvalue weighted by Crippen LogP contribution is -2.26. The third-order valence-electron chi connectivity index (χ3n) is 4.93. The van der Waals surface area contributed by atoms with Gasteiger partial charge in [-0.05, 0) is 54.1 Å². The third-order valence-corrected chi connectivity index (χ3v) is 6.73. The summed E-state index contributed by atoms with van der Waals surface area (Å²) in [6.07, 6.45) is -4.52. The lowest BCUT2D eigenvalue weighted by molar-refractivity contribution is -0.384. The summed E-state index contributed by atoms with van der Waals surface area (Å²) in [5.74, 6) is 0.612. The molecule has 3 rings (SSSR count). The third kappa shape index (κ3) is 5.64. The average molecular weight is 495 g/mol. The Morgan fingerprint density at radius 2 is 1.65 bits per heavy atom. The summed E-state index contributed by atoms with van der Waals surface area (Å²) in [4.78, 5) is 10.5. The summed E-state index contributed by atoms with van der Waals surface area (Å²) < 4.78 is 70.3. The highest BCUT2D eigenvalue weighted by molar-refractivity contribution is 7.89. The summed E-state index contributed by atoms with van der Waals surface area (Å²) in [6.45, 7) is 0.0195. The molecule has 1 N–H and O–H groups in total. The molecule has 0 atom stereocenters. The lowest BCUT2D eigenvalue weighted by Gasteiger charge is -2.18. The Bertz CT molecular complexity index is 1280. The van der Waals surface area contributed by atoms with Gasteiger partial charge in [-0.3, -0.25) is 10.1 Å². The molecule has 34 heavy (non-hydrogen) atoms. The minimum absolute atomic E-state index is 0.0195. The number of ether oxygens (including phenoxy) is 1. The van der Waals surface area contributed by atoms with Crippen molar-refractivity contribution in [2.45, 2.75) is 17.6 Å². The van der Waals surface area contributed by atoms with Crippen LogP contribution in [-0.2, 0) is 22.7 Å². The summed E-state index contributed by atoms with van der Waals surface area (Å²) in [5.41, 5.74) is -0.625. The number of nitrogens with zero attached hydrogens (tertiary/aromatic N) is 2. The lowest BCUT2D eigenvalue weighted by atomic mass is 10.2. The Balaban J connectivity index is 1.85. The molecule has 0 aromatic heterocycles. The second-order valence-corrected chi connectivity index (χ2v) is 9.29. The number of nitro groups is 1. The number of rotatable bonds is 8. The number of anilines is 2. The molecule has 0 unspecified atom stereocenters. The molecule has 0 fully saturated rings. The molecular weight excluding hydrogens is 475 g/mol.